The van der Waals surface area contributed by atoms with Crippen LogP contribution in [0.1, 0.15) is 284 Å². The fraction of sp³-hybridized carbons (Fsp3) is 0.883. The largest absolute Gasteiger partial charge is 0.394 e. The molecule has 1 fully saturated rings. The standard InChI is InChI=1S/C60H113NO8/c1-3-5-7-9-11-12-13-14-15-16-17-18-19-20-21-22-23-24-25-26-27-28-29-30-31-32-33-34-35-36-37-38-39-40-41-42-44-46-48-50-56(64)61-53(54(63)49-47-45-43-10-8-6-4-2)52-68-60-59(67)58(66)57(65)55(51-62)69-60/h13-14,16-17,19-20,53-55,57-60,62-63,65-67H,3-12,15,18,21-52H2,1-2H3,(H,61,64)/b14-13-,17-16-,20-19-. The van der Waals surface area contributed by atoms with Crippen molar-refractivity contribution in [1.82, 2.24) is 5.32 Å². The first kappa shape index (κ1) is 65.4. The second-order valence-corrected chi connectivity index (χ2v) is 20.8. The van der Waals surface area contributed by atoms with Crippen LogP contribution in [0.3, 0.4) is 0 Å². The van der Waals surface area contributed by atoms with E-state index in [1.165, 1.54) is 205 Å². The third-order valence-corrected chi connectivity index (χ3v) is 14.2. The fourth-order valence-corrected chi connectivity index (χ4v) is 9.52. The highest BCUT2D eigenvalue weighted by molar-refractivity contribution is 5.76. The van der Waals surface area contributed by atoms with E-state index in [0.717, 1.165) is 51.4 Å². The lowest BCUT2D eigenvalue weighted by Gasteiger charge is -2.40. The summed E-state index contributed by atoms with van der Waals surface area (Å²) in [6, 6.07) is -0.713. The van der Waals surface area contributed by atoms with E-state index in [0.29, 0.717) is 12.8 Å². The Morgan fingerprint density at radius 2 is 0.855 bits per heavy atom. The van der Waals surface area contributed by atoms with Gasteiger partial charge in [-0.25, -0.2) is 0 Å². The summed E-state index contributed by atoms with van der Waals surface area (Å²) in [5.41, 5.74) is 0. The van der Waals surface area contributed by atoms with Crippen LogP contribution in [0.2, 0.25) is 0 Å². The Bertz CT molecular complexity index is 1180. The van der Waals surface area contributed by atoms with Gasteiger partial charge in [0.15, 0.2) is 6.29 Å². The Kier molecular flexibility index (Phi) is 47.4. The molecule has 9 heteroatoms. The van der Waals surface area contributed by atoms with E-state index in [1.54, 1.807) is 0 Å². The van der Waals surface area contributed by atoms with Crippen molar-refractivity contribution in [2.24, 2.45) is 0 Å². The fourth-order valence-electron chi connectivity index (χ4n) is 9.52. The second kappa shape index (κ2) is 50.0. The highest BCUT2D eigenvalue weighted by Gasteiger charge is 2.44. The van der Waals surface area contributed by atoms with Gasteiger partial charge in [-0.05, 0) is 51.4 Å². The van der Waals surface area contributed by atoms with Gasteiger partial charge in [0, 0.05) is 6.42 Å². The third-order valence-electron chi connectivity index (χ3n) is 14.2. The van der Waals surface area contributed by atoms with E-state index < -0.39 is 49.5 Å². The molecule has 6 N–H and O–H groups in total. The number of nitrogens with one attached hydrogen (secondary N) is 1. The maximum atomic E-state index is 13.0. The van der Waals surface area contributed by atoms with Gasteiger partial charge in [0.25, 0.3) is 0 Å². The molecule has 7 atom stereocenters. The Hall–Kier alpha value is -1.59. The lowest BCUT2D eigenvalue weighted by molar-refractivity contribution is -0.302. The van der Waals surface area contributed by atoms with E-state index in [1.807, 2.05) is 0 Å². The minimum atomic E-state index is -1.55. The molecule has 69 heavy (non-hydrogen) atoms. The average molecular weight is 977 g/mol. The molecule has 1 rings (SSSR count). The van der Waals surface area contributed by atoms with E-state index in [2.05, 4.69) is 55.6 Å². The van der Waals surface area contributed by atoms with E-state index in [9.17, 15) is 30.3 Å². The number of rotatable bonds is 51. The number of unbranched alkanes of at least 4 members (excludes halogenated alkanes) is 35. The summed E-state index contributed by atoms with van der Waals surface area (Å²) in [5, 5.41) is 54.2. The van der Waals surface area contributed by atoms with Crippen molar-refractivity contribution in [3.8, 4) is 0 Å². The molecule has 1 aliphatic rings. The van der Waals surface area contributed by atoms with Crippen molar-refractivity contribution >= 4 is 5.91 Å². The smallest absolute Gasteiger partial charge is 0.220 e. The van der Waals surface area contributed by atoms with Crippen LogP contribution in [-0.2, 0) is 14.3 Å². The topological polar surface area (TPSA) is 149 Å². The molecule has 1 saturated heterocycles. The molecule has 0 radical (unpaired) electrons. The van der Waals surface area contributed by atoms with E-state index >= 15 is 0 Å². The molecule has 0 saturated carbocycles. The first-order chi connectivity index (χ1) is 33.8. The van der Waals surface area contributed by atoms with Gasteiger partial charge < -0.3 is 40.3 Å². The zero-order valence-corrected chi connectivity index (χ0v) is 45.1. The lowest BCUT2D eigenvalue weighted by atomic mass is 9.99. The maximum absolute atomic E-state index is 13.0. The molecule has 0 spiro atoms. The number of aliphatic hydroxyl groups is 5. The van der Waals surface area contributed by atoms with Crippen LogP contribution >= 0.6 is 0 Å². The van der Waals surface area contributed by atoms with Gasteiger partial charge in [0.05, 0.1) is 25.4 Å². The number of aliphatic hydroxyl groups excluding tert-OH is 5. The molecule has 1 aliphatic heterocycles. The third kappa shape index (κ3) is 39.6. The quantitative estimate of drug-likeness (QED) is 0.0261. The van der Waals surface area contributed by atoms with Gasteiger partial charge in [-0.2, -0.15) is 0 Å². The maximum Gasteiger partial charge on any atom is 0.220 e. The zero-order chi connectivity index (χ0) is 50.1. The summed E-state index contributed by atoms with van der Waals surface area (Å²) in [6.07, 6.45) is 58.1. The molecule has 9 nitrogen and oxygen atoms in total. The lowest BCUT2D eigenvalue weighted by Crippen LogP contribution is -2.60. The van der Waals surface area contributed by atoms with Crippen LogP contribution in [0, 0.1) is 0 Å². The number of amides is 1. The van der Waals surface area contributed by atoms with Crippen LogP contribution in [-0.4, -0.2) is 87.5 Å². The summed E-state index contributed by atoms with van der Waals surface area (Å²) in [5.74, 6) is -0.144. The van der Waals surface area contributed by atoms with E-state index in [-0.39, 0.29) is 12.5 Å². The van der Waals surface area contributed by atoms with Crippen LogP contribution < -0.4 is 5.32 Å². The van der Waals surface area contributed by atoms with Crippen molar-refractivity contribution in [1.29, 1.82) is 0 Å². The monoisotopic (exact) mass is 976 g/mol. The van der Waals surface area contributed by atoms with Crippen molar-refractivity contribution in [3.05, 3.63) is 36.5 Å². The van der Waals surface area contributed by atoms with Gasteiger partial charge in [-0.15, -0.1) is 0 Å². The zero-order valence-electron chi connectivity index (χ0n) is 45.1. The van der Waals surface area contributed by atoms with Crippen LogP contribution in [0.4, 0.5) is 0 Å². The second-order valence-electron chi connectivity index (χ2n) is 20.8. The van der Waals surface area contributed by atoms with Crippen LogP contribution in [0.15, 0.2) is 36.5 Å². The van der Waals surface area contributed by atoms with Gasteiger partial charge in [0.2, 0.25) is 5.91 Å². The van der Waals surface area contributed by atoms with Crippen molar-refractivity contribution in [3.63, 3.8) is 0 Å². The first-order valence-corrected chi connectivity index (χ1v) is 29.7. The highest BCUT2D eigenvalue weighted by atomic mass is 16.7. The molecule has 0 aliphatic carbocycles. The van der Waals surface area contributed by atoms with Gasteiger partial charge in [-0.3, -0.25) is 4.79 Å². The number of carbonyl (C=O) groups excluding carboxylic acids is 1. The summed E-state index contributed by atoms with van der Waals surface area (Å²) in [6.45, 7) is 3.79. The summed E-state index contributed by atoms with van der Waals surface area (Å²) in [4.78, 5) is 13.0. The molecule has 0 aromatic heterocycles. The molecule has 406 valence electrons. The normalized spacial score (nSPS) is 19.7. The molecule has 1 amide bonds. The predicted molar refractivity (Wildman–Crippen MR) is 290 cm³/mol. The number of carbonyl (C=O) groups is 1. The predicted octanol–water partition coefficient (Wildman–Crippen LogP) is 14.7. The summed E-state index contributed by atoms with van der Waals surface area (Å²) >= 11 is 0. The molecule has 0 aromatic carbocycles. The average Bonchev–Trinajstić information content (AvgIpc) is 3.35. The minimum absolute atomic E-state index is 0.136. The number of hydrogen-bond donors (Lipinski definition) is 6. The van der Waals surface area contributed by atoms with Crippen molar-refractivity contribution in [2.45, 2.75) is 326 Å². The Morgan fingerprint density at radius 1 is 0.493 bits per heavy atom. The summed E-state index contributed by atoms with van der Waals surface area (Å²) < 4.78 is 11.2. The molecule has 1 heterocycles. The number of allylic oxidation sites excluding steroid dienone is 6. The molecular formula is C60H113NO8. The Balaban J connectivity index is 1.96. The number of ether oxygens (including phenoxy) is 2. The first-order valence-electron chi connectivity index (χ1n) is 29.7. The van der Waals surface area contributed by atoms with Gasteiger partial charge in [0.1, 0.15) is 24.4 Å². The molecule has 0 bridgehead atoms. The Morgan fingerprint density at radius 3 is 1.26 bits per heavy atom. The van der Waals surface area contributed by atoms with Gasteiger partial charge >= 0.3 is 0 Å². The van der Waals surface area contributed by atoms with Gasteiger partial charge in [-0.1, -0.05) is 262 Å². The van der Waals surface area contributed by atoms with E-state index in [4.69, 9.17) is 9.47 Å². The highest BCUT2D eigenvalue weighted by Crippen LogP contribution is 2.23. The van der Waals surface area contributed by atoms with Crippen LogP contribution in [0.5, 0.6) is 0 Å². The van der Waals surface area contributed by atoms with Crippen LogP contribution in [0.25, 0.3) is 0 Å². The number of hydrogen-bond acceptors (Lipinski definition) is 8. The minimum Gasteiger partial charge on any atom is -0.394 e. The van der Waals surface area contributed by atoms with Crippen molar-refractivity contribution < 1.29 is 39.8 Å². The SMILES string of the molecule is CCCCCCC/C=C\C/C=C\C/C=C\CCCCCCCCCCCCCCCCCCCCCCCCCCC(=O)NC(COC1OC(CO)C(O)C(O)C1O)C(O)CCCCCCCCC. The van der Waals surface area contributed by atoms with Crippen molar-refractivity contribution in [2.75, 3.05) is 13.2 Å². The Labute approximate surface area is 425 Å². The molecule has 0 aromatic rings. The summed E-state index contributed by atoms with van der Waals surface area (Å²) in [7, 11) is 0. The molecular weight excluding hydrogens is 863 g/mol. The molecule has 7 unspecified atom stereocenters.